The molecule has 5 aromatic heterocycles. The Morgan fingerprint density at radius 2 is 0.567 bits per heavy atom. The third kappa shape index (κ3) is 7.71. The lowest BCUT2D eigenvalue weighted by Crippen LogP contribution is -1.98. The average molecular weight is 770 g/mol. The van der Waals surface area contributed by atoms with Crippen molar-refractivity contribution in [3.63, 3.8) is 0 Å². The molecule has 7 heteroatoms. The first-order chi connectivity index (χ1) is 29.7. The number of benzene rings is 5. The molecule has 10 rings (SSSR count). The summed E-state index contributed by atoms with van der Waals surface area (Å²) in [5.41, 5.74) is 13.8. The van der Waals surface area contributed by atoms with Crippen molar-refractivity contribution < 1.29 is 0 Å². The van der Waals surface area contributed by atoms with Crippen LogP contribution in [0.25, 0.3) is 102 Å². The molecule has 0 atom stereocenters. The first kappa shape index (κ1) is 36.1. The van der Waals surface area contributed by atoms with E-state index in [1.54, 1.807) is 6.20 Å². The van der Waals surface area contributed by atoms with E-state index in [2.05, 4.69) is 71.7 Å². The summed E-state index contributed by atoms with van der Waals surface area (Å²) < 4.78 is 0. The molecule has 0 aliphatic rings. The van der Waals surface area contributed by atoms with Gasteiger partial charge in [-0.1, -0.05) is 158 Å². The monoisotopic (exact) mass is 769 g/mol. The van der Waals surface area contributed by atoms with Gasteiger partial charge in [-0.05, 0) is 59.7 Å². The minimum Gasteiger partial charge on any atom is -0.255 e. The molecular weight excluding hydrogens is 735 g/mol. The molecule has 10 aromatic rings. The summed E-state index contributed by atoms with van der Waals surface area (Å²) in [6.45, 7) is 0. The second-order valence-corrected chi connectivity index (χ2v) is 14.2. The molecule has 0 aliphatic carbocycles. The maximum absolute atomic E-state index is 5.19. The Hall–Kier alpha value is -8.29. The summed E-state index contributed by atoms with van der Waals surface area (Å²) in [6.07, 6.45) is 1.79. The van der Waals surface area contributed by atoms with E-state index in [1.165, 1.54) is 0 Å². The van der Waals surface area contributed by atoms with Crippen LogP contribution in [0.3, 0.4) is 0 Å². The van der Waals surface area contributed by atoms with E-state index >= 15 is 0 Å². The van der Waals surface area contributed by atoms with Gasteiger partial charge >= 0.3 is 0 Å². The normalized spacial score (nSPS) is 11.0. The van der Waals surface area contributed by atoms with Gasteiger partial charge in [-0.3, -0.25) is 4.98 Å². The summed E-state index contributed by atoms with van der Waals surface area (Å²) in [5, 5.41) is 0. The highest BCUT2D eigenvalue weighted by atomic mass is 14.9. The van der Waals surface area contributed by atoms with Gasteiger partial charge in [-0.15, -0.1) is 0 Å². The summed E-state index contributed by atoms with van der Waals surface area (Å²) in [4.78, 5) is 35.0. The van der Waals surface area contributed by atoms with Gasteiger partial charge < -0.3 is 0 Å². The number of pyridine rings is 3. The van der Waals surface area contributed by atoms with E-state index in [0.717, 1.165) is 84.5 Å². The largest absolute Gasteiger partial charge is 0.255 e. The van der Waals surface area contributed by atoms with E-state index in [4.69, 9.17) is 29.9 Å². The van der Waals surface area contributed by atoms with Crippen LogP contribution in [0.15, 0.2) is 212 Å². The van der Waals surface area contributed by atoms with Gasteiger partial charge in [-0.2, -0.15) is 0 Å². The van der Waals surface area contributed by atoms with E-state index < -0.39 is 0 Å². The lowest BCUT2D eigenvalue weighted by molar-refractivity contribution is 1.16. The zero-order chi connectivity index (χ0) is 40.1. The number of rotatable bonds is 9. The highest BCUT2D eigenvalue weighted by molar-refractivity contribution is 5.79. The Morgan fingerprint density at radius 1 is 0.200 bits per heavy atom. The quantitative estimate of drug-likeness (QED) is 0.144. The molecular formula is C53H35N7. The fourth-order valence-electron chi connectivity index (χ4n) is 7.15. The fourth-order valence-corrected chi connectivity index (χ4v) is 7.15. The number of hydrogen-bond donors (Lipinski definition) is 0. The van der Waals surface area contributed by atoms with Crippen LogP contribution in [0.1, 0.15) is 0 Å². The molecule has 0 aliphatic heterocycles. The minimum atomic E-state index is 0.634. The van der Waals surface area contributed by atoms with Crippen LogP contribution in [-0.2, 0) is 0 Å². The maximum Gasteiger partial charge on any atom is 0.160 e. The van der Waals surface area contributed by atoms with Gasteiger partial charge in [0.2, 0.25) is 0 Å². The van der Waals surface area contributed by atoms with Crippen molar-refractivity contribution in [2.45, 2.75) is 0 Å². The third-order valence-electron chi connectivity index (χ3n) is 10.2. The minimum absolute atomic E-state index is 0.634. The van der Waals surface area contributed by atoms with Gasteiger partial charge in [0, 0.05) is 34.0 Å². The van der Waals surface area contributed by atoms with Crippen LogP contribution in [0, 0.1) is 0 Å². The zero-order valence-corrected chi connectivity index (χ0v) is 32.3. The molecule has 0 radical (unpaired) electrons. The van der Waals surface area contributed by atoms with E-state index in [0.29, 0.717) is 17.3 Å². The molecule has 0 saturated carbocycles. The van der Waals surface area contributed by atoms with Crippen molar-refractivity contribution in [2.75, 3.05) is 0 Å². The molecule has 5 aromatic carbocycles. The highest BCUT2D eigenvalue weighted by Crippen LogP contribution is 2.34. The van der Waals surface area contributed by atoms with Gasteiger partial charge in [-0.25, -0.2) is 29.9 Å². The Labute approximate surface area is 347 Å². The van der Waals surface area contributed by atoms with E-state index in [-0.39, 0.29) is 0 Å². The third-order valence-corrected chi connectivity index (χ3v) is 10.2. The Balaban J connectivity index is 1.05. The predicted molar refractivity (Wildman–Crippen MR) is 240 cm³/mol. The lowest BCUT2D eigenvalue weighted by atomic mass is 10.00. The molecule has 0 N–H and O–H groups in total. The molecule has 282 valence electrons. The number of aromatic nitrogens is 7. The van der Waals surface area contributed by atoms with E-state index in [1.807, 2.05) is 140 Å². The smallest absolute Gasteiger partial charge is 0.160 e. The molecule has 60 heavy (non-hydrogen) atoms. The van der Waals surface area contributed by atoms with Crippen molar-refractivity contribution in [3.05, 3.63) is 212 Å². The maximum atomic E-state index is 5.19. The standard InChI is InChI=1S/C53H35N7/c1-5-16-37(17-6-1)46-34-47(58-52(57-46)40-20-9-3-10-21-40)39-29-27-36(28-30-39)42-32-49(43-24-13-14-31-54-43)56-50(33-42)44-25-15-26-45(55-44)51-35-48(38-18-7-2-8-19-38)59-53(60-51)41-22-11-4-12-23-41/h1-35H. The van der Waals surface area contributed by atoms with Crippen LogP contribution in [0.4, 0.5) is 0 Å². The molecule has 7 nitrogen and oxygen atoms in total. The molecule has 0 saturated heterocycles. The number of hydrogen-bond acceptors (Lipinski definition) is 7. The predicted octanol–water partition coefficient (Wildman–Crippen LogP) is 12.5. The molecule has 0 spiro atoms. The second kappa shape index (κ2) is 16.3. The number of nitrogens with zero attached hydrogens (tertiary/aromatic N) is 7. The molecule has 0 amide bonds. The summed E-state index contributed by atoms with van der Waals surface area (Å²) >= 11 is 0. The van der Waals surface area contributed by atoms with Crippen molar-refractivity contribution >= 4 is 0 Å². The Morgan fingerprint density at radius 3 is 1.07 bits per heavy atom. The first-order valence-corrected chi connectivity index (χ1v) is 19.7. The summed E-state index contributed by atoms with van der Waals surface area (Å²) in [5.74, 6) is 1.31. The van der Waals surface area contributed by atoms with Crippen molar-refractivity contribution in [3.8, 4) is 102 Å². The molecule has 0 fully saturated rings. The van der Waals surface area contributed by atoms with Gasteiger partial charge in [0.1, 0.15) is 0 Å². The highest BCUT2D eigenvalue weighted by Gasteiger charge is 2.16. The lowest BCUT2D eigenvalue weighted by Gasteiger charge is -2.12. The SMILES string of the molecule is c1ccc(-c2cc(-c3ccc(-c4cc(-c5ccccn5)nc(-c5cccc(-c6cc(-c7ccccc7)nc(-c7ccccc7)n6)n5)c4)cc3)nc(-c3ccccc3)n2)cc1. The second-order valence-electron chi connectivity index (χ2n) is 14.2. The van der Waals surface area contributed by atoms with Gasteiger partial charge in [0.05, 0.1) is 51.2 Å². The first-order valence-electron chi connectivity index (χ1n) is 19.7. The molecule has 0 unspecified atom stereocenters. The van der Waals surface area contributed by atoms with Crippen LogP contribution in [0.2, 0.25) is 0 Å². The molecule has 5 heterocycles. The summed E-state index contributed by atoms with van der Waals surface area (Å²) in [7, 11) is 0. The van der Waals surface area contributed by atoms with Gasteiger partial charge in [0.15, 0.2) is 11.6 Å². The topological polar surface area (TPSA) is 90.2 Å². The van der Waals surface area contributed by atoms with Crippen molar-refractivity contribution in [1.29, 1.82) is 0 Å². The fraction of sp³-hybridized carbons (Fsp3) is 0. The van der Waals surface area contributed by atoms with Crippen LogP contribution in [0.5, 0.6) is 0 Å². The molecule has 0 bridgehead atoms. The van der Waals surface area contributed by atoms with Crippen LogP contribution >= 0.6 is 0 Å². The average Bonchev–Trinajstić information content (AvgIpc) is 3.35. The van der Waals surface area contributed by atoms with Crippen molar-refractivity contribution in [2.24, 2.45) is 0 Å². The summed E-state index contributed by atoms with van der Waals surface area (Å²) in [6, 6.07) is 69.1. The zero-order valence-electron chi connectivity index (χ0n) is 32.3. The Kier molecular flexibility index (Phi) is 9.79. The Bertz CT molecular complexity index is 2940. The van der Waals surface area contributed by atoms with Crippen molar-refractivity contribution in [1.82, 2.24) is 34.9 Å². The van der Waals surface area contributed by atoms with Gasteiger partial charge in [0.25, 0.3) is 0 Å². The van der Waals surface area contributed by atoms with E-state index in [9.17, 15) is 0 Å². The van der Waals surface area contributed by atoms with Crippen LogP contribution < -0.4 is 0 Å². The van der Waals surface area contributed by atoms with Crippen LogP contribution in [-0.4, -0.2) is 34.9 Å².